The molecule has 7 nitrogen and oxygen atoms in total. The Morgan fingerprint density at radius 2 is 1.79 bits per heavy atom. The molecule has 0 fully saturated rings. The van der Waals surface area contributed by atoms with Crippen LogP contribution in [0.3, 0.4) is 0 Å². The zero-order chi connectivity index (χ0) is 17.9. The highest BCUT2D eigenvalue weighted by Gasteiger charge is 2.17. The van der Waals surface area contributed by atoms with Gasteiger partial charge in [0.25, 0.3) is 11.6 Å². The predicted octanol–water partition coefficient (Wildman–Crippen LogP) is 3.94. The third-order valence-electron chi connectivity index (χ3n) is 3.03. The number of halogens is 2. The molecule has 0 aromatic heterocycles. The minimum Gasteiger partial charge on any atom is -0.465 e. The van der Waals surface area contributed by atoms with E-state index in [1.807, 2.05) is 0 Å². The molecule has 0 spiro atoms. The van der Waals surface area contributed by atoms with Gasteiger partial charge in [0.2, 0.25) is 0 Å². The number of ether oxygens (including phenoxy) is 1. The van der Waals surface area contributed by atoms with Gasteiger partial charge < -0.3 is 10.1 Å². The summed E-state index contributed by atoms with van der Waals surface area (Å²) in [4.78, 5) is 34.0. The first-order chi connectivity index (χ1) is 11.3. The molecular formula is C15H10Cl2N2O5. The predicted molar refractivity (Wildman–Crippen MR) is 88.9 cm³/mol. The number of nitro benzene ring substituents is 1. The first-order valence-corrected chi connectivity index (χ1v) is 7.22. The summed E-state index contributed by atoms with van der Waals surface area (Å²) in [6.07, 6.45) is 0. The molecule has 1 N–H and O–H groups in total. The molecule has 0 atom stereocenters. The Morgan fingerprint density at radius 1 is 1.12 bits per heavy atom. The molecule has 2 aromatic rings. The van der Waals surface area contributed by atoms with Crippen molar-refractivity contribution in [2.75, 3.05) is 12.4 Å². The molecule has 1 amide bonds. The summed E-state index contributed by atoms with van der Waals surface area (Å²) in [5.41, 5.74) is 0.0257. The van der Waals surface area contributed by atoms with Crippen LogP contribution in [0.25, 0.3) is 0 Å². The van der Waals surface area contributed by atoms with Crippen LogP contribution in [-0.2, 0) is 4.74 Å². The van der Waals surface area contributed by atoms with Crippen LogP contribution in [-0.4, -0.2) is 23.9 Å². The van der Waals surface area contributed by atoms with Gasteiger partial charge in [-0.3, -0.25) is 14.9 Å². The number of nitrogens with one attached hydrogen (secondary N) is 1. The topological polar surface area (TPSA) is 98.5 Å². The summed E-state index contributed by atoms with van der Waals surface area (Å²) in [6, 6.07) is 7.92. The van der Waals surface area contributed by atoms with Crippen LogP contribution in [0.5, 0.6) is 0 Å². The van der Waals surface area contributed by atoms with E-state index in [4.69, 9.17) is 23.2 Å². The van der Waals surface area contributed by atoms with Gasteiger partial charge in [-0.1, -0.05) is 23.2 Å². The third-order valence-corrected chi connectivity index (χ3v) is 3.68. The standard InChI is InChI=1S/C15H10Cl2N2O5/c1-24-15(21)10-7-9(3-5-11(10)16)18-14(20)8-2-4-12(17)13(6-8)19(22)23/h2-7H,1H3,(H,18,20). The molecule has 0 aliphatic rings. The van der Waals surface area contributed by atoms with Gasteiger partial charge in [0, 0.05) is 17.3 Å². The number of amides is 1. The van der Waals surface area contributed by atoms with Crippen molar-refractivity contribution in [3.05, 3.63) is 67.7 Å². The van der Waals surface area contributed by atoms with Gasteiger partial charge in [-0.15, -0.1) is 0 Å². The average molecular weight is 369 g/mol. The van der Waals surface area contributed by atoms with Crippen LogP contribution in [0.1, 0.15) is 20.7 Å². The molecule has 0 aliphatic carbocycles. The first kappa shape index (κ1) is 17.7. The number of nitrogens with zero attached hydrogens (tertiary/aromatic N) is 1. The van der Waals surface area contributed by atoms with Crippen LogP contribution < -0.4 is 5.32 Å². The number of nitro groups is 1. The molecule has 2 aromatic carbocycles. The van der Waals surface area contributed by atoms with E-state index in [0.717, 1.165) is 6.07 Å². The van der Waals surface area contributed by atoms with E-state index in [-0.39, 0.29) is 32.5 Å². The van der Waals surface area contributed by atoms with Crippen molar-refractivity contribution in [3.8, 4) is 0 Å². The highest BCUT2D eigenvalue weighted by Crippen LogP contribution is 2.26. The number of hydrogen-bond donors (Lipinski definition) is 1. The maximum absolute atomic E-state index is 12.2. The maximum atomic E-state index is 12.2. The average Bonchev–Trinajstić information content (AvgIpc) is 2.55. The van der Waals surface area contributed by atoms with Gasteiger partial charge in [0.15, 0.2) is 0 Å². The van der Waals surface area contributed by atoms with E-state index < -0.39 is 16.8 Å². The van der Waals surface area contributed by atoms with Gasteiger partial charge in [-0.05, 0) is 30.3 Å². The molecule has 0 aliphatic heterocycles. The van der Waals surface area contributed by atoms with Crippen molar-refractivity contribution >= 4 is 46.5 Å². The minimum absolute atomic E-state index is 0.0423. The molecule has 0 heterocycles. The largest absolute Gasteiger partial charge is 0.465 e. The molecule has 0 saturated heterocycles. The van der Waals surface area contributed by atoms with E-state index in [0.29, 0.717) is 0 Å². The van der Waals surface area contributed by atoms with E-state index in [2.05, 4.69) is 10.1 Å². The lowest BCUT2D eigenvalue weighted by Gasteiger charge is -2.08. The Balaban J connectivity index is 2.29. The summed E-state index contributed by atoms with van der Waals surface area (Å²) < 4.78 is 4.59. The second-order valence-electron chi connectivity index (χ2n) is 4.56. The Labute approximate surface area is 146 Å². The first-order valence-electron chi connectivity index (χ1n) is 6.46. The Bertz CT molecular complexity index is 839. The number of benzene rings is 2. The number of esters is 1. The van der Waals surface area contributed by atoms with Crippen molar-refractivity contribution in [2.45, 2.75) is 0 Å². The molecule has 124 valence electrons. The van der Waals surface area contributed by atoms with Crippen molar-refractivity contribution < 1.29 is 19.2 Å². The van der Waals surface area contributed by atoms with Gasteiger partial charge >= 0.3 is 5.97 Å². The SMILES string of the molecule is COC(=O)c1cc(NC(=O)c2ccc(Cl)c([N+](=O)[O-])c2)ccc1Cl. The lowest BCUT2D eigenvalue weighted by Crippen LogP contribution is -2.13. The fourth-order valence-electron chi connectivity index (χ4n) is 1.87. The fraction of sp³-hybridized carbons (Fsp3) is 0.0667. The van der Waals surface area contributed by atoms with E-state index >= 15 is 0 Å². The second kappa shape index (κ2) is 7.29. The number of anilines is 1. The molecule has 0 bridgehead atoms. The van der Waals surface area contributed by atoms with Crippen LogP contribution >= 0.6 is 23.2 Å². The van der Waals surface area contributed by atoms with Gasteiger partial charge in [0.1, 0.15) is 5.02 Å². The summed E-state index contributed by atoms with van der Waals surface area (Å²) in [7, 11) is 1.21. The van der Waals surface area contributed by atoms with Gasteiger partial charge in [-0.25, -0.2) is 4.79 Å². The van der Waals surface area contributed by atoms with E-state index in [9.17, 15) is 19.7 Å². The number of rotatable bonds is 4. The summed E-state index contributed by atoms with van der Waals surface area (Å²) in [6.45, 7) is 0. The third kappa shape index (κ3) is 3.81. The smallest absolute Gasteiger partial charge is 0.339 e. The number of carbonyl (C=O) groups excluding carboxylic acids is 2. The molecule has 0 unspecified atom stereocenters. The normalized spacial score (nSPS) is 10.1. The van der Waals surface area contributed by atoms with Crippen LogP contribution in [0.4, 0.5) is 11.4 Å². The van der Waals surface area contributed by atoms with E-state index in [1.54, 1.807) is 0 Å². The summed E-state index contributed by atoms with van der Waals surface area (Å²) in [5, 5.41) is 13.5. The number of hydrogen-bond acceptors (Lipinski definition) is 5. The van der Waals surface area contributed by atoms with Crippen molar-refractivity contribution in [2.24, 2.45) is 0 Å². The number of carbonyl (C=O) groups is 2. The molecular weight excluding hydrogens is 359 g/mol. The molecule has 2 rings (SSSR count). The zero-order valence-corrected chi connectivity index (χ0v) is 13.7. The number of methoxy groups -OCH3 is 1. The Kier molecular flexibility index (Phi) is 5.38. The Morgan fingerprint density at radius 3 is 2.42 bits per heavy atom. The maximum Gasteiger partial charge on any atom is 0.339 e. The Hall–Kier alpha value is -2.64. The molecule has 24 heavy (non-hydrogen) atoms. The summed E-state index contributed by atoms with van der Waals surface area (Å²) in [5.74, 6) is -1.26. The van der Waals surface area contributed by atoms with Crippen molar-refractivity contribution in [3.63, 3.8) is 0 Å². The molecule has 0 saturated carbocycles. The monoisotopic (exact) mass is 368 g/mol. The van der Waals surface area contributed by atoms with Gasteiger partial charge in [0.05, 0.1) is 22.6 Å². The van der Waals surface area contributed by atoms with Gasteiger partial charge in [-0.2, -0.15) is 0 Å². The van der Waals surface area contributed by atoms with Crippen molar-refractivity contribution in [1.82, 2.24) is 0 Å². The van der Waals surface area contributed by atoms with Crippen LogP contribution in [0, 0.1) is 10.1 Å². The lowest BCUT2D eigenvalue weighted by molar-refractivity contribution is -0.384. The highest BCUT2D eigenvalue weighted by atomic mass is 35.5. The molecule has 0 radical (unpaired) electrons. The minimum atomic E-state index is -0.684. The van der Waals surface area contributed by atoms with Crippen molar-refractivity contribution in [1.29, 1.82) is 0 Å². The molecule has 9 heteroatoms. The van der Waals surface area contributed by atoms with Crippen LogP contribution in [0.15, 0.2) is 36.4 Å². The zero-order valence-electron chi connectivity index (χ0n) is 12.2. The quantitative estimate of drug-likeness (QED) is 0.500. The van der Waals surface area contributed by atoms with E-state index in [1.165, 1.54) is 37.4 Å². The lowest BCUT2D eigenvalue weighted by atomic mass is 10.1. The highest BCUT2D eigenvalue weighted by molar-refractivity contribution is 6.34. The fourth-order valence-corrected chi connectivity index (χ4v) is 2.25. The second-order valence-corrected chi connectivity index (χ2v) is 5.38. The summed E-state index contributed by atoms with van der Waals surface area (Å²) >= 11 is 11.6. The van der Waals surface area contributed by atoms with Crippen LogP contribution in [0.2, 0.25) is 10.0 Å².